The average Bonchev–Trinajstić information content (AvgIpc) is 3.26. The summed E-state index contributed by atoms with van der Waals surface area (Å²) >= 11 is 0. The Morgan fingerprint density at radius 2 is 1.65 bits per heavy atom. The number of rotatable bonds is 2. The van der Waals surface area contributed by atoms with Crippen LogP contribution < -0.4 is 0 Å². The molecule has 0 spiro atoms. The molecule has 0 atom stereocenters. The van der Waals surface area contributed by atoms with Crippen LogP contribution in [0, 0.1) is 18.2 Å². The highest BCUT2D eigenvalue weighted by Crippen LogP contribution is 2.36. The summed E-state index contributed by atoms with van der Waals surface area (Å²) in [5.74, 6) is -0.00721. The van der Waals surface area contributed by atoms with E-state index in [1.54, 1.807) is 18.3 Å². The Hall–Kier alpha value is -2.95. The molecular formula is C26H32FN3O. The number of nitrogens with zero attached hydrogens (tertiary/aromatic N) is 3. The Kier molecular flexibility index (Phi) is 6.08. The lowest BCUT2D eigenvalue weighted by molar-refractivity contribution is 0.0755. The first-order valence-corrected chi connectivity index (χ1v) is 10.9. The molecule has 0 amide bonds. The van der Waals surface area contributed by atoms with Crippen LogP contribution in [0.15, 0.2) is 42.6 Å². The van der Waals surface area contributed by atoms with E-state index in [0.29, 0.717) is 0 Å². The second-order valence-corrected chi connectivity index (χ2v) is 9.02. The van der Waals surface area contributed by atoms with Crippen molar-refractivity contribution in [1.82, 2.24) is 14.3 Å². The molecule has 0 fully saturated rings. The third-order valence-electron chi connectivity index (χ3n) is 5.42. The van der Waals surface area contributed by atoms with Gasteiger partial charge >= 0.3 is 0 Å². The van der Waals surface area contributed by atoms with Crippen molar-refractivity contribution in [3.05, 3.63) is 59.7 Å². The van der Waals surface area contributed by atoms with Gasteiger partial charge in [-0.1, -0.05) is 48.5 Å². The fourth-order valence-corrected chi connectivity index (χ4v) is 4.02. The predicted molar refractivity (Wildman–Crippen MR) is 127 cm³/mol. The fraction of sp³-hybridized carbons (Fsp3) is 0.385. The lowest BCUT2D eigenvalue weighted by Crippen LogP contribution is -2.27. The maximum absolute atomic E-state index is 13.5. The topological polar surface area (TPSA) is 39.8 Å². The summed E-state index contributed by atoms with van der Waals surface area (Å²) in [4.78, 5) is 12.9. The summed E-state index contributed by atoms with van der Waals surface area (Å²) in [5, 5.41) is 6.36. The molecule has 0 unspecified atom stereocenters. The Labute approximate surface area is 183 Å². The molecule has 2 aromatic heterocycles. The van der Waals surface area contributed by atoms with E-state index in [2.05, 4.69) is 42.6 Å². The van der Waals surface area contributed by atoms with Crippen LogP contribution in [0.4, 0.5) is 4.39 Å². The first kappa shape index (κ1) is 22.7. The molecule has 31 heavy (non-hydrogen) atoms. The van der Waals surface area contributed by atoms with E-state index in [1.807, 2.05) is 34.6 Å². The van der Waals surface area contributed by atoms with Crippen molar-refractivity contribution < 1.29 is 9.18 Å². The van der Waals surface area contributed by atoms with Crippen LogP contribution in [0.2, 0.25) is 0 Å². The van der Waals surface area contributed by atoms with Crippen molar-refractivity contribution in [2.24, 2.45) is 5.41 Å². The minimum atomic E-state index is -0.522. The van der Waals surface area contributed by atoms with E-state index >= 15 is 0 Å². The summed E-state index contributed by atoms with van der Waals surface area (Å²) in [7, 11) is 0. The van der Waals surface area contributed by atoms with Crippen molar-refractivity contribution in [1.29, 1.82) is 0 Å². The number of hydrogen-bond acceptors (Lipinski definition) is 2. The molecule has 4 nitrogen and oxygen atoms in total. The number of halogens is 1. The van der Waals surface area contributed by atoms with Crippen LogP contribution in [-0.4, -0.2) is 20.3 Å². The maximum Gasteiger partial charge on any atom is 0.252 e. The Morgan fingerprint density at radius 3 is 2.19 bits per heavy atom. The number of carbonyl (C=O) groups excluding carboxylic acids is 1. The number of benzene rings is 2. The third-order valence-corrected chi connectivity index (χ3v) is 5.42. The molecule has 4 rings (SSSR count). The van der Waals surface area contributed by atoms with Gasteiger partial charge in [0.2, 0.25) is 0 Å². The number of fused-ring (bicyclic) bond motifs is 2. The van der Waals surface area contributed by atoms with Gasteiger partial charge in [0.25, 0.3) is 5.91 Å². The Bertz CT molecular complexity index is 1240. The van der Waals surface area contributed by atoms with E-state index in [4.69, 9.17) is 0 Å². The third kappa shape index (κ3) is 3.89. The van der Waals surface area contributed by atoms with Gasteiger partial charge in [-0.15, -0.1) is 0 Å². The van der Waals surface area contributed by atoms with Crippen LogP contribution in [0.1, 0.15) is 70.4 Å². The Balaban J connectivity index is 0.00000132. The molecule has 0 saturated carbocycles. The summed E-state index contributed by atoms with van der Waals surface area (Å²) in [6.07, 6.45) is 1.74. The number of carbonyl (C=O) groups is 1. The molecular weight excluding hydrogens is 389 g/mol. The molecule has 4 aromatic rings. The quantitative estimate of drug-likeness (QED) is 0.341. The zero-order valence-corrected chi connectivity index (χ0v) is 19.7. The SMILES string of the molecule is CC.Cc1c(C(C)C)n(-c2ccc(F)cc2)c2cc3cnn(C(=O)C(C)(C)C)c3cc12. The normalized spacial score (nSPS) is 11.8. The van der Waals surface area contributed by atoms with Gasteiger partial charge in [0.15, 0.2) is 0 Å². The first-order valence-electron chi connectivity index (χ1n) is 10.9. The fourth-order valence-electron chi connectivity index (χ4n) is 4.02. The first-order chi connectivity index (χ1) is 14.6. The summed E-state index contributed by atoms with van der Waals surface area (Å²) < 4.78 is 17.2. The number of aryl methyl sites for hydroxylation is 1. The lowest BCUT2D eigenvalue weighted by atomic mass is 9.95. The standard InChI is InChI=1S/C24H26FN3O.C2H6/c1-14(2)22-15(3)19-12-20-16(13-26-28(20)23(29)24(4,5)6)11-21(19)27(22)18-9-7-17(25)8-10-18;1-2/h7-14H,1-6H3;1-2H3. The summed E-state index contributed by atoms with van der Waals surface area (Å²) in [6, 6.07) is 10.7. The van der Waals surface area contributed by atoms with Crippen LogP contribution in [0.3, 0.4) is 0 Å². The highest BCUT2D eigenvalue weighted by atomic mass is 19.1. The van der Waals surface area contributed by atoms with Crippen molar-refractivity contribution in [2.45, 2.75) is 61.3 Å². The van der Waals surface area contributed by atoms with Crippen LogP contribution >= 0.6 is 0 Å². The van der Waals surface area contributed by atoms with Gasteiger partial charge in [0.05, 0.1) is 17.2 Å². The van der Waals surface area contributed by atoms with E-state index in [1.165, 1.54) is 22.5 Å². The molecule has 5 heteroatoms. The van der Waals surface area contributed by atoms with Gasteiger partial charge in [-0.25, -0.2) is 4.39 Å². The van der Waals surface area contributed by atoms with Crippen LogP contribution in [0.5, 0.6) is 0 Å². The van der Waals surface area contributed by atoms with Gasteiger partial charge in [-0.05, 0) is 54.8 Å². The van der Waals surface area contributed by atoms with Gasteiger partial charge in [0.1, 0.15) is 5.82 Å². The van der Waals surface area contributed by atoms with Gasteiger partial charge < -0.3 is 4.57 Å². The molecule has 0 aliphatic rings. The number of hydrogen-bond donors (Lipinski definition) is 0. The lowest BCUT2D eigenvalue weighted by Gasteiger charge is -2.16. The van der Waals surface area contributed by atoms with Gasteiger partial charge in [0, 0.05) is 27.6 Å². The van der Waals surface area contributed by atoms with Crippen LogP contribution in [-0.2, 0) is 0 Å². The van der Waals surface area contributed by atoms with Crippen molar-refractivity contribution in [3.63, 3.8) is 0 Å². The predicted octanol–water partition coefficient (Wildman–Crippen LogP) is 7.26. The maximum atomic E-state index is 13.5. The van der Waals surface area contributed by atoms with E-state index < -0.39 is 5.41 Å². The molecule has 0 bridgehead atoms. The monoisotopic (exact) mass is 421 g/mol. The molecule has 164 valence electrons. The summed E-state index contributed by atoms with van der Waals surface area (Å²) in [5.41, 5.74) is 4.59. The second-order valence-electron chi connectivity index (χ2n) is 9.02. The van der Waals surface area contributed by atoms with E-state index in [-0.39, 0.29) is 17.6 Å². The largest absolute Gasteiger partial charge is 0.313 e. The Morgan fingerprint density at radius 1 is 1.03 bits per heavy atom. The minimum Gasteiger partial charge on any atom is -0.313 e. The summed E-state index contributed by atoms with van der Waals surface area (Å²) in [6.45, 7) is 16.1. The van der Waals surface area contributed by atoms with Crippen molar-refractivity contribution >= 4 is 27.7 Å². The molecule has 0 aliphatic carbocycles. The zero-order chi connectivity index (χ0) is 23.1. The van der Waals surface area contributed by atoms with Gasteiger partial charge in [-0.2, -0.15) is 9.78 Å². The van der Waals surface area contributed by atoms with Gasteiger partial charge in [-0.3, -0.25) is 4.79 Å². The highest BCUT2D eigenvalue weighted by Gasteiger charge is 2.26. The molecule has 2 aromatic carbocycles. The molecule has 2 heterocycles. The van der Waals surface area contributed by atoms with Crippen molar-refractivity contribution in [2.75, 3.05) is 0 Å². The molecule has 0 aliphatic heterocycles. The van der Waals surface area contributed by atoms with E-state index in [0.717, 1.165) is 33.1 Å². The molecule has 0 radical (unpaired) electrons. The number of aromatic nitrogens is 3. The molecule has 0 N–H and O–H groups in total. The smallest absolute Gasteiger partial charge is 0.252 e. The minimum absolute atomic E-state index is 0.0356. The van der Waals surface area contributed by atoms with E-state index in [9.17, 15) is 9.18 Å². The zero-order valence-electron chi connectivity index (χ0n) is 19.7. The second kappa shape index (κ2) is 8.29. The van der Waals surface area contributed by atoms with Crippen molar-refractivity contribution in [3.8, 4) is 5.69 Å². The highest BCUT2D eigenvalue weighted by molar-refractivity contribution is 6.02. The molecule has 0 saturated heterocycles. The average molecular weight is 422 g/mol. The van der Waals surface area contributed by atoms with Crippen LogP contribution in [0.25, 0.3) is 27.5 Å².